The summed E-state index contributed by atoms with van der Waals surface area (Å²) in [5, 5.41) is 13.6. The Labute approximate surface area is 160 Å². The number of benzene rings is 1. The highest BCUT2D eigenvalue weighted by molar-refractivity contribution is 5.99. The lowest BCUT2D eigenvalue weighted by atomic mass is 10.0. The Morgan fingerprint density at radius 1 is 1.33 bits per heavy atom. The molecule has 1 amide bonds. The molecule has 3 rings (SSSR count). The van der Waals surface area contributed by atoms with Crippen LogP contribution >= 0.6 is 0 Å². The van der Waals surface area contributed by atoms with Gasteiger partial charge in [-0.15, -0.1) is 0 Å². The predicted molar refractivity (Wildman–Crippen MR) is 107 cm³/mol. The highest BCUT2D eigenvalue weighted by Gasteiger charge is 2.22. The third-order valence-electron chi connectivity index (χ3n) is 4.89. The van der Waals surface area contributed by atoms with E-state index in [0.717, 1.165) is 42.6 Å². The zero-order valence-electron chi connectivity index (χ0n) is 16.5. The summed E-state index contributed by atoms with van der Waals surface area (Å²) in [6, 6.07) is 7.89. The minimum atomic E-state index is -0.311. The van der Waals surface area contributed by atoms with E-state index >= 15 is 0 Å². The van der Waals surface area contributed by atoms with Crippen molar-refractivity contribution >= 4 is 16.8 Å². The fraction of sp³-hybridized carbons (Fsp3) is 0.571. The molecular formula is C21H31N3O3. The first-order valence-corrected chi connectivity index (χ1v) is 9.88. The number of aromatic amines is 1. The molecule has 0 spiro atoms. The first kappa shape index (κ1) is 19.7. The molecule has 1 aliphatic rings. The van der Waals surface area contributed by atoms with E-state index in [0.29, 0.717) is 24.8 Å². The number of ether oxygens (including phenoxy) is 1. The molecule has 6 heteroatoms. The molecule has 0 aliphatic carbocycles. The molecule has 3 N–H and O–H groups in total. The van der Waals surface area contributed by atoms with Gasteiger partial charge in [0.05, 0.1) is 12.7 Å². The van der Waals surface area contributed by atoms with Gasteiger partial charge in [-0.3, -0.25) is 4.79 Å². The lowest BCUT2D eigenvalue weighted by Crippen LogP contribution is -2.46. The smallest absolute Gasteiger partial charge is 0.267 e. The Morgan fingerprint density at radius 2 is 2.07 bits per heavy atom. The second-order valence-electron chi connectivity index (χ2n) is 8.00. The largest absolute Gasteiger partial charge is 0.493 e. The number of rotatable bonds is 7. The van der Waals surface area contributed by atoms with Crippen LogP contribution in [0.3, 0.4) is 0 Å². The van der Waals surface area contributed by atoms with Crippen molar-refractivity contribution in [2.75, 3.05) is 26.2 Å². The average molecular weight is 373 g/mol. The molecule has 1 aromatic heterocycles. The topological polar surface area (TPSA) is 77.6 Å². The molecular weight excluding hydrogens is 342 g/mol. The van der Waals surface area contributed by atoms with Gasteiger partial charge in [0.1, 0.15) is 11.4 Å². The van der Waals surface area contributed by atoms with E-state index in [1.165, 1.54) is 0 Å². The maximum absolute atomic E-state index is 12.7. The Kier molecular flexibility index (Phi) is 6.39. The predicted octanol–water partition coefficient (Wildman–Crippen LogP) is 2.78. The maximum Gasteiger partial charge on any atom is 0.267 e. The second kappa shape index (κ2) is 8.76. The van der Waals surface area contributed by atoms with Gasteiger partial charge in [0.15, 0.2) is 0 Å². The van der Waals surface area contributed by atoms with Gasteiger partial charge in [-0.05, 0) is 43.9 Å². The van der Waals surface area contributed by atoms with E-state index < -0.39 is 0 Å². The fourth-order valence-electron chi connectivity index (χ4n) is 3.53. The molecule has 148 valence electrons. The van der Waals surface area contributed by atoms with E-state index in [1.54, 1.807) is 0 Å². The van der Waals surface area contributed by atoms with Crippen molar-refractivity contribution in [1.29, 1.82) is 0 Å². The molecule has 0 unspecified atom stereocenters. The number of fused-ring (bicyclic) bond motifs is 1. The zero-order valence-corrected chi connectivity index (χ0v) is 16.5. The summed E-state index contributed by atoms with van der Waals surface area (Å²) in [5.41, 5.74) is 1.48. The number of aliphatic hydroxyl groups excluding tert-OH is 1. The quantitative estimate of drug-likeness (QED) is 0.697. The van der Waals surface area contributed by atoms with Crippen molar-refractivity contribution in [3.8, 4) is 5.75 Å². The van der Waals surface area contributed by atoms with Crippen LogP contribution in [-0.4, -0.2) is 59.3 Å². The number of hydrogen-bond acceptors (Lipinski definition) is 4. The third-order valence-corrected chi connectivity index (χ3v) is 4.89. The van der Waals surface area contributed by atoms with Crippen LogP contribution in [0, 0.1) is 5.92 Å². The number of likely N-dealkylation sites (tertiary alicyclic amines) is 1. The van der Waals surface area contributed by atoms with Crippen LogP contribution in [0.2, 0.25) is 0 Å². The van der Waals surface area contributed by atoms with Gasteiger partial charge < -0.3 is 25.0 Å². The average Bonchev–Trinajstić information content (AvgIpc) is 3.06. The molecule has 2 aromatic rings. The summed E-state index contributed by atoms with van der Waals surface area (Å²) in [6.07, 6.45) is 1.50. The monoisotopic (exact) mass is 373 g/mol. The van der Waals surface area contributed by atoms with Crippen LogP contribution < -0.4 is 10.1 Å². The summed E-state index contributed by atoms with van der Waals surface area (Å²) in [6.45, 7) is 9.18. The molecule has 1 atom stereocenters. The standard InChI is InChI=1S/C21H31N3O3/c1-14(2)13-27-20-6-4-5-18-17(20)11-19(23-18)21(26)22-16-7-9-24(10-8-16)12-15(3)25/h4-6,11,14-16,23,25H,7-10,12-13H2,1-3H3,(H,22,26)/t15-/m0/s1. The second-order valence-corrected chi connectivity index (χ2v) is 8.00. The SMILES string of the molecule is CC(C)COc1cccc2[nH]c(C(=O)NC3CCN(C[C@H](C)O)CC3)cc12. The molecule has 0 radical (unpaired) electrons. The molecule has 1 saturated heterocycles. The van der Waals surface area contributed by atoms with Gasteiger partial charge in [0.25, 0.3) is 5.91 Å². The molecule has 6 nitrogen and oxygen atoms in total. The Balaban J connectivity index is 1.62. The zero-order chi connectivity index (χ0) is 19.4. The summed E-state index contributed by atoms with van der Waals surface area (Å²) in [4.78, 5) is 18.1. The van der Waals surface area contributed by atoms with Crippen molar-refractivity contribution in [2.45, 2.75) is 45.8 Å². The number of hydrogen-bond donors (Lipinski definition) is 3. The van der Waals surface area contributed by atoms with E-state index in [9.17, 15) is 9.90 Å². The number of β-amino-alcohol motifs (C(OH)–C–C–N with tert-alkyl or cyclic N) is 1. The van der Waals surface area contributed by atoms with E-state index in [4.69, 9.17) is 4.74 Å². The van der Waals surface area contributed by atoms with Gasteiger partial charge in [0.2, 0.25) is 0 Å². The van der Waals surface area contributed by atoms with Crippen LogP contribution in [0.4, 0.5) is 0 Å². The van der Waals surface area contributed by atoms with Gasteiger partial charge in [-0.1, -0.05) is 19.9 Å². The molecule has 0 saturated carbocycles. The number of aliphatic hydroxyl groups is 1. The first-order valence-electron chi connectivity index (χ1n) is 9.88. The number of aromatic nitrogens is 1. The Hall–Kier alpha value is -2.05. The van der Waals surface area contributed by atoms with Crippen molar-refractivity contribution in [3.05, 3.63) is 30.0 Å². The lowest BCUT2D eigenvalue weighted by molar-refractivity contribution is 0.0858. The minimum Gasteiger partial charge on any atom is -0.493 e. The van der Waals surface area contributed by atoms with Crippen LogP contribution in [0.25, 0.3) is 10.9 Å². The van der Waals surface area contributed by atoms with Crippen LogP contribution in [0.1, 0.15) is 44.1 Å². The van der Waals surface area contributed by atoms with Crippen molar-refractivity contribution in [3.63, 3.8) is 0 Å². The molecule has 2 heterocycles. The number of H-pyrrole nitrogens is 1. The number of carbonyl (C=O) groups is 1. The summed E-state index contributed by atoms with van der Waals surface area (Å²) < 4.78 is 5.89. The Bertz CT molecular complexity index is 761. The number of nitrogens with zero attached hydrogens (tertiary/aromatic N) is 1. The van der Waals surface area contributed by atoms with Gasteiger partial charge in [-0.25, -0.2) is 0 Å². The van der Waals surface area contributed by atoms with Gasteiger partial charge in [-0.2, -0.15) is 0 Å². The fourth-order valence-corrected chi connectivity index (χ4v) is 3.53. The van der Waals surface area contributed by atoms with Crippen LogP contribution in [0.15, 0.2) is 24.3 Å². The number of nitrogens with one attached hydrogen (secondary N) is 2. The molecule has 0 bridgehead atoms. The van der Waals surface area contributed by atoms with E-state index in [2.05, 4.69) is 29.0 Å². The normalized spacial score (nSPS) is 17.4. The van der Waals surface area contributed by atoms with Gasteiger partial charge in [0, 0.05) is 36.6 Å². The summed E-state index contributed by atoms with van der Waals surface area (Å²) >= 11 is 0. The van der Waals surface area contributed by atoms with E-state index in [1.807, 2.05) is 31.2 Å². The van der Waals surface area contributed by atoms with Crippen LogP contribution in [0.5, 0.6) is 5.75 Å². The highest BCUT2D eigenvalue weighted by atomic mass is 16.5. The Morgan fingerprint density at radius 3 is 2.74 bits per heavy atom. The van der Waals surface area contributed by atoms with Crippen molar-refractivity contribution in [2.24, 2.45) is 5.92 Å². The third kappa shape index (κ3) is 5.23. The molecule has 1 aliphatic heterocycles. The molecule has 27 heavy (non-hydrogen) atoms. The molecule has 1 fully saturated rings. The highest BCUT2D eigenvalue weighted by Crippen LogP contribution is 2.27. The van der Waals surface area contributed by atoms with E-state index in [-0.39, 0.29) is 18.1 Å². The molecule has 1 aromatic carbocycles. The number of carbonyl (C=O) groups excluding carboxylic acids is 1. The lowest BCUT2D eigenvalue weighted by Gasteiger charge is -2.32. The van der Waals surface area contributed by atoms with Crippen LogP contribution in [-0.2, 0) is 0 Å². The minimum absolute atomic E-state index is 0.0741. The van der Waals surface area contributed by atoms with Crippen molar-refractivity contribution < 1.29 is 14.6 Å². The maximum atomic E-state index is 12.7. The number of piperidine rings is 1. The van der Waals surface area contributed by atoms with Gasteiger partial charge >= 0.3 is 0 Å². The van der Waals surface area contributed by atoms with Crippen molar-refractivity contribution in [1.82, 2.24) is 15.2 Å². The summed E-state index contributed by atoms with van der Waals surface area (Å²) in [7, 11) is 0. The first-order chi connectivity index (χ1) is 12.9. The number of amides is 1. The summed E-state index contributed by atoms with van der Waals surface area (Å²) in [5.74, 6) is 1.18.